The number of aliphatic hydroxyl groups excluding tert-OH is 9. The first-order valence-corrected chi connectivity index (χ1v) is 13.2. The number of fused-ring (bicyclic) bond motifs is 1. The lowest BCUT2D eigenvalue weighted by Crippen LogP contribution is -2.59. The summed E-state index contributed by atoms with van der Waals surface area (Å²) in [5, 5.41) is 111. The maximum atomic E-state index is 10.6. The van der Waals surface area contributed by atoms with Crippen LogP contribution >= 0.6 is 0 Å². The summed E-state index contributed by atoms with van der Waals surface area (Å²) in [6.07, 6.45) is -13.4. The molecule has 0 saturated carbocycles. The maximum Gasteiger partial charge on any atom is 0.305 e. The molecule has 3 aliphatic heterocycles. The lowest BCUT2D eigenvalue weighted by molar-refractivity contribution is -0.292. The summed E-state index contributed by atoms with van der Waals surface area (Å²) >= 11 is 0. The molecule has 5 rings (SSSR count). The van der Waals surface area contributed by atoms with Crippen LogP contribution in [0.25, 0.3) is 5.76 Å². The third-order valence-corrected chi connectivity index (χ3v) is 7.43. The van der Waals surface area contributed by atoms with E-state index in [1.54, 1.807) is 0 Å². The zero-order valence-corrected chi connectivity index (χ0v) is 22.2. The Morgan fingerprint density at radius 3 is 1.84 bits per heavy atom. The van der Waals surface area contributed by atoms with E-state index in [0.717, 1.165) is 12.1 Å². The zero-order chi connectivity index (χ0) is 31.2. The smallest absolute Gasteiger partial charge is 0.305 e. The van der Waals surface area contributed by atoms with Gasteiger partial charge < -0.3 is 79.9 Å². The van der Waals surface area contributed by atoms with Crippen LogP contribution in [0.3, 0.4) is 0 Å². The standard InChI is InChI=1S/C27H32O16/c28-7-17-19(33)21(35)23(37)26(42-17)40-15-5-10(30)4-14-11(15)6-16(25(39-14)9-1-2-12(31)13(32)3-9)41-27-24(38)22(36)20(34)18(8-29)43-27/h1-6,14,17-24,26-38H,7-8H2/p+1/t14?,17-,18-,19-,20-,21+,22+,23-,24-,26+,27+/m1/s1. The average molecular weight is 614 g/mol. The molecule has 0 aromatic heterocycles. The van der Waals surface area contributed by atoms with Gasteiger partial charge in [0.1, 0.15) is 60.4 Å². The van der Waals surface area contributed by atoms with Gasteiger partial charge >= 0.3 is 5.76 Å². The third-order valence-electron chi connectivity index (χ3n) is 7.43. The average Bonchev–Trinajstić information content (AvgIpc) is 2.98. The number of aromatic hydroxyl groups is 2. The second-order valence-electron chi connectivity index (χ2n) is 10.3. The summed E-state index contributed by atoms with van der Waals surface area (Å²) < 4.78 is 27.1. The number of hydrogen-bond acceptors (Lipinski definition) is 15. The molecule has 236 valence electrons. The summed E-state index contributed by atoms with van der Waals surface area (Å²) in [6.45, 7) is -1.43. The van der Waals surface area contributed by atoms with E-state index in [-0.39, 0.29) is 34.2 Å². The van der Waals surface area contributed by atoms with Gasteiger partial charge in [-0.1, -0.05) is 0 Å². The minimum Gasteiger partial charge on any atom is -0.571 e. The Bertz CT molecular complexity index is 1320. The highest BCUT2D eigenvalue weighted by atomic mass is 16.7. The Morgan fingerprint density at radius 2 is 1.28 bits per heavy atom. The van der Waals surface area contributed by atoms with Crippen LogP contribution in [0.1, 0.15) is 5.56 Å². The topological polar surface area (TPSA) is 272 Å². The van der Waals surface area contributed by atoms with Gasteiger partial charge in [0.15, 0.2) is 11.5 Å². The van der Waals surface area contributed by atoms with Gasteiger partial charge in [-0.15, -0.1) is 0 Å². The van der Waals surface area contributed by atoms with E-state index in [2.05, 4.69) is 4.74 Å². The Labute approximate surface area is 243 Å². The number of allylic oxidation sites excluding steroid dienone is 2. The van der Waals surface area contributed by atoms with Crippen molar-refractivity contribution in [1.82, 2.24) is 0 Å². The van der Waals surface area contributed by atoms with Crippen molar-refractivity contribution in [3.63, 3.8) is 0 Å². The van der Waals surface area contributed by atoms with Gasteiger partial charge in [0.05, 0.1) is 30.4 Å². The molecular weight excluding hydrogens is 580 g/mol. The van der Waals surface area contributed by atoms with E-state index >= 15 is 0 Å². The molecule has 0 radical (unpaired) electrons. The van der Waals surface area contributed by atoms with Crippen LogP contribution < -0.4 is 0 Å². The molecular formula is C27H33O16+. The molecule has 16 heteroatoms. The van der Waals surface area contributed by atoms with Crippen LogP contribution in [0.4, 0.5) is 0 Å². The van der Waals surface area contributed by atoms with Crippen LogP contribution in [-0.2, 0) is 18.9 Å². The Kier molecular flexibility index (Phi) is 8.87. The molecule has 3 heterocycles. The summed E-state index contributed by atoms with van der Waals surface area (Å²) in [4.78, 5) is 0. The van der Waals surface area contributed by atoms with Gasteiger partial charge in [-0.2, -0.15) is 0 Å². The van der Waals surface area contributed by atoms with E-state index in [1.165, 1.54) is 24.3 Å². The van der Waals surface area contributed by atoms with Crippen LogP contribution in [0.2, 0.25) is 0 Å². The predicted molar refractivity (Wildman–Crippen MR) is 139 cm³/mol. The second kappa shape index (κ2) is 12.3. The number of ether oxygens (including phenoxy) is 5. The van der Waals surface area contributed by atoms with Crippen molar-refractivity contribution < 1.29 is 79.9 Å². The van der Waals surface area contributed by atoms with Crippen molar-refractivity contribution in [1.29, 1.82) is 0 Å². The van der Waals surface area contributed by atoms with E-state index in [0.29, 0.717) is 0 Å². The molecule has 4 aliphatic rings. The SMILES string of the molecule is OC[C@H]1O[C@H](OC2=CC(O)=CC3[OH+]C(c4ccc(O)c(O)c4)=C(O[C@H]4O[C@H](CO)[C@@H](O)[C@H](O)[C@H]4O)C=C23)[C@H](O)[C@@H](O)[C@@H]1O. The molecule has 16 nitrogen and oxygen atoms in total. The first-order chi connectivity index (χ1) is 20.4. The molecule has 2 saturated heterocycles. The third kappa shape index (κ3) is 5.89. The fraction of sp³-hybridized carbons (Fsp3) is 0.481. The van der Waals surface area contributed by atoms with Crippen molar-refractivity contribution in [2.24, 2.45) is 0 Å². The van der Waals surface area contributed by atoms with Crippen molar-refractivity contribution in [2.75, 3.05) is 13.2 Å². The fourth-order valence-electron chi connectivity index (χ4n) is 5.00. The van der Waals surface area contributed by atoms with E-state index in [4.69, 9.17) is 18.9 Å². The normalized spacial score (nSPS) is 37.9. The summed E-state index contributed by atoms with van der Waals surface area (Å²) in [6, 6.07) is 3.73. The molecule has 2 fully saturated rings. The predicted octanol–water partition coefficient (Wildman–Crippen LogP) is -3.42. The fourth-order valence-corrected chi connectivity index (χ4v) is 5.00. The number of rotatable bonds is 7. The Balaban J connectivity index is 1.53. The van der Waals surface area contributed by atoms with Crippen LogP contribution in [0.15, 0.2) is 59.3 Å². The molecule has 0 bridgehead atoms. The quantitative estimate of drug-likeness (QED) is 0.106. The molecule has 1 aromatic carbocycles. The number of phenolic OH excluding ortho intramolecular Hbond substituents is 2. The molecule has 1 unspecified atom stereocenters. The van der Waals surface area contributed by atoms with Crippen LogP contribution in [-0.4, -0.2) is 142 Å². The number of benzene rings is 1. The van der Waals surface area contributed by atoms with Gasteiger partial charge in [0.25, 0.3) is 0 Å². The maximum absolute atomic E-state index is 10.6. The number of phenols is 2. The Morgan fingerprint density at radius 1 is 0.698 bits per heavy atom. The highest BCUT2D eigenvalue weighted by molar-refractivity contribution is 5.69. The monoisotopic (exact) mass is 613 g/mol. The zero-order valence-electron chi connectivity index (χ0n) is 22.2. The highest BCUT2D eigenvalue weighted by Gasteiger charge is 2.48. The van der Waals surface area contributed by atoms with Crippen LogP contribution in [0.5, 0.6) is 11.5 Å². The molecule has 43 heavy (non-hydrogen) atoms. The van der Waals surface area contributed by atoms with E-state index < -0.39 is 92.2 Å². The Hall–Kier alpha value is -3.42. The number of hydrogen-bond donors (Lipinski definition) is 11. The van der Waals surface area contributed by atoms with Crippen LogP contribution in [0, 0.1) is 0 Å². The van der Waals surface area contributed by atoms with Crippen molar-refractivity contribution >= 4 is 5.76 Å². The number of aliphatic hydroxyl groups is 11. The van der Waals surface area contributed by atoms with Gasteiger partial charge in [-0.3, -0.25) is 0 Å². The second-order valence-corrected chi connectivity index (χ2v) is 10.3. The van der Waals surface area contributed by atoms with Gasteiger partial charge in [-0.05, 0) is 12.1 Å². The van der Waals surface area contributed by atoms with Crippen molar-refractivity contribution in [3.8, 4) is 11.5 Å². The molecule has 11 atom stereocenters. The lowest BCUT2D eigenvalue weighted by atomic mass is 9.96. The van der Waals surface area contributed by atoms with Gasteiger partial charge in [-0.25, -0.2) is 0 Å². The molecule has 12 N–H and O–H groups in total. The molecule has 0 amide bonds. The van der Waals surface area contributed by atoms with Gasteiger partial charge in [0.2, 0.25) is 24.4 Å². The molecule has 0 spiro atoms. The summed E-state index contributed by atoms with van der Waals surface area (Å²) in [5.74, 6) is -1.54. The van der Waals surface area contributed by atoms with E-state index in [1.807, 2.05) is 0 Å². The molecule has 1 aromatic rings. The van der Waals surface area contributed by atoms with E-state index in [9.17, 15) is 56.2 Å². The molecule has 1 aliphatic carbocycles. The largest absolute Gasteiger partial charge is 0.571 e. The summed E-state index contributed by atoms with van der Waals surface area (Å²) in [5.41, 5.74) is 0.380. The summed E-state index contributed by atoms with van der Waals surface area (Å²) in [7, 11) is 0. The van der Waals surface area contributed by atoms with Gasteiger partial charge in [0, 0.05) is 18.2 Å². The van der Waals surface area contributed by atoms with Crippen molar-refractivity contribution in [2.45, 2.75) is 67.5 Å². The lowest BCUT2D eigenvalue weighted by Gasteiger charge is -2.41. The minimum atomic E-state index is -1.80. The van der Waals surface area contributed by atoms with Crippen molar-refractivity contribution in [3.05, 3.63) is 64.8 Å². The minimum absolute atomic E-state index is 0.0131. The first kappa shape index (κ1) is 31.0. The first-order valence-electron chi connectivity index (χ1n) is 13.2. The highest BCUT2D eigenvalue weighted by Crippen LogP contribution is 2.40.